The predicted molar refractivity (Wildman–Crippen MR) is 106 cm³/mol. The number of rotatable bonds is 3. The molecule has 1 spiro atoms. The molecule has 2 N–H and O–H groups in total. The van der Waals surface area contributed by atoms with Crippen molar-refractivity contribution in [1.29, 1.82) is 0 Å². The highest BCUT2D eigenvalue weighted by Crippen LogP contribution is 2.59. The first-order chi connectivity index (χ1) is 13.2. The minimum atomic E-state index is -0.620. The van der Waals surface area contributed by atoms with Crippen molar-refractivity contribution in [3.63, 3.8) is 0 Å². The molecule has 1 aromatic carbocycles. The van der Waals surface area contributed by atoms with E-state index >= 15 is 0 Å². The molecule has 0 radical (unpaired) electrons. The van der Waals surface area contributed by atoms with Crippen LogP contribution in [0, 0.1) is 11.3 Å². The smallest absolute Gasteiger partial charge is 0.307 e. The molecule has 1 saturated heterocycles. The van der Waals surface area contributed by atoms with Crippen molar-refractivity contribution in [1.82, 2.24) is 4.98 Å². The van der Waals surface area contributed by atoms with Crippen LogP contribution >= 0.6 is 0 Å². The van der Waals surface area contributed by atoms with Gasteiger partial charge in [-0.15, -0.1) is 0 Å². The number of nitrogens with zero attached hydrogens (tertiary/aromatic N) is 3. The highest BCUT2D eigenvalue weighted by atomic mass is 16.4. The number of para-hydroxylation sites is 2. The standard InChI is InChI=1S/C21H24N4O2/c26-20(27)16-13-21(16)7-10-24(11-8-21)15-5-6-19(23-14-15)25-12-9-22-17-3-1-2-4-18(17)25/h1-6,14,16,22H,7-13H2,(H,26,27). The Morgan fingerprint density at radius 3 is 2.67 bits per heavy atom. The SMILES string of the molecule is O=C(O)C1CC12CCN(c1ccc(N3CCNc4ccccc43)nc1)CC2. The summed E-state index contributed by atoms with van der Waals surface area (Å²) in [6.45, 7) is 3.63. The first-order valence-electron chi connectivity index (χ1n) is 9.71. The average molecular weight is 364 g/mol. The molecule has 0 amide bonds. The van der Waals surface area contributed by atoms with E-state index in [-0.39, 0.29) is 11.3 Å². The van der Waals surface area contributed by atoms with Gasteiger partial charge >= 0.3 is 5.97 Å². The quantitative estimate of drug-likeness (QED) is 0.871. The van der Waals surface area contributed by atoms with E-state index in [0.717, 1.165) is 68.3 Å². The van der Waals surface area contributed by atoms with E-state index < -0.39 is 5.97 Å². The molecular weight excluding hydrogens is 340 g/mol. The molecule has 27 heavy (non-hydrogen) atoms. The summed E-state index contributed by atoms with van der Waals surface area (Å²) in [5, 5.41) is 12.7. The van der Waals surface area contributed by atoms with Gasteiger partial charge in [-0.1, -0.05) is 12.1 Å². The summed E-state index contributed by atoms with van der Waals surface area (Å²) in [6.07, 6.45) is 4.75. The van der Waals surface area contributed by atoms with Gasteiger partial charge in [0.05, 0.1) is 29.2 Å². The molecule has 5 rings (SSSR count). The van der Waals surface area contributed by atoms with Gasteiger partial charge < -0.3 is 20.2 Å². The van der Waals surface area contributed by atoms with Crippen LogP contribution in [0.4, 0.5) is 22.9 Å². The summed E-state index contributed by atoms with van der Waals surface area (Å²) < 4.78 is 0. The van der Waals surface area contributed by atoms with Gasteiger partial charge in [-0.25, -0.2) is 4.98 Å². The second-order valence-electron chi connectivity index (χ2n) is 7.91. The minimum Gasteiger partial charge on any atom is -0.481 e. The highest BCUT2D eigenvalue weighted by Gasteiger charge is 2.58. The summed E-state index contributed by atoms with van der Waals surface area (Å²) in [6, 6.07) is 12.6. The Hall–Kier alpha value is -2.76. The van der Waals surface area contributed by atoms with Crippen LogP contribution in [0.15, 0.2) is 42.6 Å². The third-order valence-electron chi connectivity index (χ3n) is 6.47. The zero-order valence-corrected chi connectivity index (χ0v) is 15.3. The normalized spacial score (nSPS) is 22.9. The number of fused-ring (bicyclic) bond motifs is 1. The first kappa shape index (κ1) is 16.4. The van der Waals surface area contributed by atoms with Gasteiger partial charge in [0.1, 0.15) is 5.82 Å². The number of aromatic nitrogens is 1. The van der Waals surface area contributed by atoms with Crippen LogP contribution in [-0.4, -0.2) is 42.2 Å². The lowest BCUT2D eigenvalue weighted by Gasteiger charge is -2.35. The van der Waals surface area contributed by atoms with Crippen molar-refractivity contribution < 1.29 is 9.90 Å². The highest BCUT2D eigenvalue weighted by molar-refractivity contribution is 5.77. The van der Waals surface area contributed by atoms with Crippen LogP contribution < -0.4 is 15.1 Å². The molecule has 2 fully saturated rings. The van der Waals surface area contributed by atoms with E-state index in [1.54, 1.807) is 0 Å². The van der Waals surface area contributed by atoms with E-state index in [9.17, 15) is 9.90 Å². The summed E-state index contributed by atoms with van der Waals surface area (Å²) in [7, 11) is 0. The number of hydrogen-bond acceptors (Lipinski definition) is 5. The van der Waals surface area contributed by atoms with Crippen molar-refractivity contribution in [2.24, 2.45) is 11.3 Å². The van der Waals surface area contributed by atoms with Gasteiger partial charge in [0.2, 0.25) is 0 Å². The van der Waals surface area contributed by atoms with Crippen LogP contribution in [0.5, 0.6) is 0 Å². The number of pyridine rings is 1. The van der Waals surface area contributed by atoms with Crippen molar-refractivity contribution >= 4 is 28.8 Å². The maximum absolute atomic E-state index is 11.2. The average Bonchev–Trinajstić information content (AvgIpc) is 3.42. The minimum absolute atomic E-state index is 0.0697. The molecule has 1 aliphatic carbocycles. The molecule has 140 valence electrons. The van der Waals surface area contributed by atoms with E-state index in [2.05, 4.69) is 45.4 Å². The molecule has 6 nitrogen and oxygen atoms in total. The molecule has 1 saturated carbocycles. The first-order valence-corrected chi connectivity index (χ1v) is 9.71. The number of carbonyl (C=O) groups is 1. The number of anilines is 4. The topological polar surface area (TPSA) is 68.7 Å². The fourth-order valence-electron chi connectivity index (χ4n) is 4.70. The molecule has 3 heterocycles. The number of hydrogen-bond donors (Lipinski definition) is 2. The molecule has 1 aromatic heterocycles. The Balaban J connectivity index is 1.29. The molecule has 0 bridgehead atoms. The van der Waals surface area contributed by atoms with Crippen LogP contribution in [0.3, 0.4) is 0 Å². The Bertz CT molecular complexity index is 859. The van der Waals surface area contributed by atoms with E-state index in [0.29, 0.717) is 0 Å². The number of piperidine rings is 1. The molecule has 2 aromatic rings. The molecule has 2 aliphatic heterocycles. The van der Waals surface area contributed by atoms with Crippen molar-refractivity contribution in [3.05, 3.63) is 42.6 Å². The van der Waals surface area contributed by atoms with Crippen LogP contribution in [0.25, 0.3) is 0 Å². The van der Waals surface area contributed by atoms with Gasteiger partial charge in [-0.2, -0.15) is 0 Å². The summed E-state index contributed by atoms with van der Waals surface area (Å²) >= 11 is 0. The molecule has 6 heteroatoms. The van der Waals surface area contributed by atoms with Gasteiger partial charge in [0.15, 0.2) is 0 Å². The number of nitrogens with one attached hydrogen (secondary N) is 1. The second-order valence-corrected chi connectivity index (χ2v) is 7.91. The Morgan fingerprint density at radius 1 is 1.15 bits per heavy atom. The zero-order chi connectivity index (χ0) is 18.4. The lowest BCUT2D eigenvalue weighted by molar-refractivity contribution is -0.139. The summed E-state index contributed by atoms with van der Waals surface area (Å²) in [5.74, 6) is 0.230. The lowest BCUT2D eigenvalue weighted by Crippen LogP contribution is -2.36. The predicted octanol–water partition coefficient (Wildman–Crippen LogP) is 3.34. The van der Waals surface area contributed by atoms with E-state index in [4.69, 9.17) is 4.98 Å². The monoisotopic (exact) mass is 364 g/mol. The van der Waals surface area contributed by atoms with E-state index in [1.165, 1.54) is 0 Å². The van der Waals surface area contributed by atoms with E-state index in [1.807, 2.05) is 12.3 Å². The van der Waals surface area contributed by atoms with Gasteiger partial charge in [0.25, 0.3) is 0 Å². The summed E-state index contributed by atoms with van der Waals surface area (Å²) in [5.41, 5.74) is 3.51. The Morgan fingerprint density at radius 2 is 1.96 bits per heavy atom. The van der Waals surface area contributed by atoms with Crippen molar-refractivity contribution in [2.45, 2.75) is 19.3 Å². The Kier molecular flexibility index (Phi) is 3.74. The third-order valence-corrected chi connectivity index (χ3v) is 6.47. The summed E-state index contributed by atoms with van der Waals surface area (Å²) in [4.78, 5) is 20.6. The molecular formula is C21H24N4O2. The van der Waals surface area contributed by atoms with Crippen LogP contribution in [0.1, 0.15) is 19.3 Å². The van der Waals surface area contributed by atoms with Crippen LogP contribution in [0.2, 0.25) is 0 Å². The number of carboxylic acids is 1. The number of benzene rings is 1. The van der Waals surface area contributed by atoms with Gasteiger partial charge in [0, 0.05) is 26.2 Å². The fraction of sp³-hybridized carbons (Fsp3) is 0.429. The fourth-order valence-corrected chi connectivity index (χ4v) is 4.70. The second kappa shape index (κ2) is 6.15. The maximum atomic E-state index is 11.2. The van der Waals surface area contributed by atoms with Gasteiger partial charge in [-0.05, 0) is 48.9 Å². The maximum Gasteiger partial charge on any atom is 0.307 e. The molecule has 1 atom stereocenters. The lowest BCUT2D eigenvalue weighted by atomic mass is 9.90. The largest absolute Gasteiger partial charge is 0.481 e. The third kappa shape index (κ3) is 2.80. The van der Waals surface area contributed by atoms with Crippen molar-refractivity contribution in [2.75, 3.05) is 41.3 Å². The number of aliphatic carboxylic acids is 1. The van der Waals surface area contributed by atoms with Gasteiger partial charge in [-0.3, -0.25) is 4.79 Å². The Labute approximate surface area is 158 Å². The van der Waals surface area contributed by atoms with Crippen LogP contribution in [-0.2, 0) is 4.79 Å². The van der Waals surface area contributed by atoms with Crippen molar-refractivity contribution in [3.8, 4) is 0 Å². The number of carboxylic acid groups (broad SMARTS) is 1. The molecule has 3 aliphatic rings. The molecule has 1 unspecified atom stereocenters. The zero-order valence-electron chi connectivity index (χ0n) is 15.3.